The van der Waals surface area contributed by atoms with Gasteiger partial charge < -0.3 is 58.3 Å². The summed E-state index contributed by atoms with van der Waals surface area (Å²) in [7, 11) is 0. The molecule has 1 aliphatic rings. The summed E-state index contributed by atoms with van der Waals surface area (Å²) in [5.41, 5.74) is 11.6. The van der Waals surface area contributed by atoms with Crippen LogP contribution in [0.15, 0.2) is 35.3 Å². The van der Waals surface area contributed by atoms with Gasteiger partial charge in [-0.3, -0.25) is 38.6 Å². The van der Waals surface area contributed by atoms with Gasteiger partial charge in [-0.15, -0.1) is 0 Å². The van der Waals surface area contributed by atoms with Gasteiger partial charge in [0.2, 0.25) is 35.4 Å². The first kappa shape index (κ1) is 41.9. The number of nitrogens with one attached hydrogen (secondary N) is 5. The number of aliphatic imine (C=N–C) groups is 1. The number of aliphatic hydroxyl groups excluding tert-OH is 1. The highest BCUT2D eigenvalue weighted by atomic mass is 16.5. The third-order valence-electron chi connectivity index (χ3n) is 7.76. The number of aliphatic carboxylic acids is 1. The van der Waals surface area contributed by atoms with Crippen LogP contribution in [-0.2, 0) is 40.1 Å². The van der Waals surface area contributed by atoms with Crippen molar-refractivity contribution in [1.82, 2.24) is 31.5 Å². The van der Waals surface area contributed by atoms with Crippen LogP contribution in [0.3, 0.4) is 0 Å². The van der Waals surface area contributed by atoms with Crippen LogP contribution in [0, 0.1) is 5.92 Å². The molecular formula is C32H49N9O10. The van der Waals surface area contributed by atoms with Gasteiger partial charge in [-0.05, 0) is 30.7 Å². The second-order valence-corrected chi connectivity index (χ2v) is 12.2. The number of nitrogens with zero attached hydrogens (tertiary/aromatic N) is 2. The Bertz CT molecular complexity index is 1390. The summed E-state index contributed by atoms with van der Waals surface area (Å²) in [5.74, 6) is -6.54. The maximum absolute atomic E-state index is 13.5. The van der Waals surface area contributed by atoms with Crippen LogP contribution in [0.25, 0.3) is 0 Å². The molecule has 1 heterocycles. The van der Waals surface area contributed by atoms with Crippen molar-refractivity contribution in [1.29, 1.82) is 0 Å². The first-order valence-corrected chi connectivity index (χ1v) is 16.5. The van der Waals surface area contributed by atoms with E-state index in [4.69, 9.17) is 11.5 Å². The number of carboxylic acids is 1. The molecule has 0 spiro atoms. The molecule has 0 radical (unpaired) electrons. The summed E-state index contributed by atoms with van der Waals surface area (Å²) >= 11 is 0. The van der Waals surface area contributed by atoms with E-state index in [1.165, 1.54) is 4.90 Å². The Balaban J connectivity index is 2.39. The fourth-order valence-electron chi connectivity index (χ4n) is 5.14. The van der Waals surface area contributed by atoms with Crippen LogP contribution in [0.2, 0.25) is 0 Å². The lowest BCUT2D eigenvalue weighted by Crippen LogP contribution is -2.56. The third-order valence-corrected chi connectivity index (χ3v) is 7.76. The van der Waals surface area contributed by atoms with E-state index in [9.17, 15) is 48.9 Å². The molecule has 1 aliphatic heterocycles. The van der Waals surface area contributed by atoms with Gasteiger partial charge in [0.1, 0.15) is 18.1 Å². The van der Waals surface area contributed by atoms with Crippen LogP contribution in [-0.4, -0.2) is 118 Å². The zero-order valence-electron chi connectivity index (χ0n) is 28.5. The highest BCUT2D eigenvalue weighted by Gasteiger charge is 2.33. The number of benzene rings is 1. The summed E-state index contributed by atoms with van der Waals surface area (Å²) < 4.78 is 0. The van der Waals surface area contributed by atoms with Gasteiger partial charge >= 0.3 is 5.97 Å². The third kappa shape index (κ3) is 16.3. The molecule has 3 unspecified atom stereocenters. The number of carboxylic acid groups (broad SMARTS) is 1. The lowest BCUT2D eigenvalue weighted by atomic mass is 10.0. The number of guanidine groups is 1. The molecule has 51 heavy (non-hydrogen) atoms. The fourth-order valence-corrected chi connectivity index (χ4v) is 5.14. The molecule has 19 nitrogen and oxygen atoms in total. The molecule has 282 valence electrons. The van der Waals surface area contributed by atoms with Crippen molar-refractivity contribution in [2.45, 2.75) is 82.8 Å². The monoisotopic (exact) mass is 719 g/mol. The van der Waals surface area contributed by atoms with Crippen molar-refractivity contribution in [3.63, 3.8) is 0 Å². The number of carbonyl (C=O) groups is 7. The summed E-state index contributed by atoms with van der Waals surface area (Å²) in [6, 6.07) is 4.75. The molecule has 0 aliphatic carbocycles. The summed E-state index contributed by atoms with van der Waals surface area (Å²) in [5, 5.41) is 40.7. The van der Waals surface area contributed by atoms with Crippen molar-refractivity contribution >= 4 is 47.4 Å². The number of aliphatic hydroxyl groups is 2. The number of amides is 6. The predicted octanol–water partition coefficient (Wildman–Crippen LogP) is -3.25. The van der Waals surface area contributed by atoms with Gasteiger partial charge in [0, 0.05) is 45.4 Å². The summed E-state index contributed by atoms with van der Waals surface area (Å²) in [4.78, 5) is 96.0. The van der Waals surface area contributed by atoms with Crippen molar-refractivity contribution in [2.75, 3.05) is 26.2 Å². The van der Waals surface area contributed by atoms with E-state index in [0.29, 0.717) is 0 Å². The quantitative estimate of drug-likeness (QED) is 0.0441. The minimum absolute atomic E-state index is 0.0223. The Labute approximate surface area is 295 Å². The number of rotatable bonds is 12. The number of hydrogen-bond donors (Lipinski definition) is 10. The van der Waals surface area contributed by atoms with Gasteiger partial charge in [0.25, 0.3) is 0 Å². The van der Waals surface area contributed by atoms with Crippen molar-refractivity contribution in [2.24, 2.45) is 22.4 Å². The van der Waals surface area contributed by atoms with Crippen molar-refractivity contribution in [3.05, 3.63) is 35.9 Å². The predicted molar refractivity (Wildman–Crippen MR) is 182 cm³/mol. The van der Waals surface area contributed by atoms with Crippen LogP contribution in [0.5, 0.6) is 0 Å². The zero-order chi connectivity index (χ0) is 37.9. The molecule has 0 saturated carbocycles. The van der Waals surface area contributed by atoms with Crippen LogP contribution in [0.1, 0.15) is 57.4 Å². The van der Waals surface area contributed by atoms with Gasteiger partial charge in [-0.25, -0.2) is 0 Å². The minimum Gasteiger partial charge on any atom is -0.481 e. The van der Waals surface area contributed by atoms with Gasteiger partial charge in [0.05, 0.1) is 13.0 Å². The molecule has 1 aromatic rings. The van der Waals surface area contributed by atoms with Crippen LogP contribution < -0.4 is 38.1 Å². The zero-order valence-corrected chi connectivity index (χ0v) is 28.5. The average Bonchev–Trinajstić information content (AvgIpc) is 3.07. The first-order chi connectivity index (χ1) is 24.2. The van der Waals surface area contributed by atoms with E-state index < -0.39 is 84.7 Å². The highest BCUT2D eigenvalue weighted by Crippen LogP contribution is 2.15. The van der Waals surface area contributed by atoms with Gasteiger partial charge in [-0.1, -0.05) is 37.3 Å². The first-order valence-electron chi connectivity index (χ1n) is 16.5. The minimum atomic E-state index is -1.79. The molecule has 4 atom stereocenters. The number of nitrogens with two attached hydrogens (primary N) is 2. The van der Waals surface area contributed by atoms with E-state index in [0.717, 1.165) is 5.56 Å². The van der Waals surface area contributed by atoms with Crippen molar-refractivity contribution < 1.29 is 48.9 Å². The molecule has 1 fully saturated rings. The molecule has 0 aromatic heterocycles. The van der Waals surface area contributed by atoms with Crippen LogP contribution >= 0.6 is 0 Å². The Morgan fingerprint density at radius 2 is 1.73 bits per heavy atom. The molecule has 0 bridgehead atoms. The van der Waals surface area contributed by atoms with Crippen LogP contribution in [0.4, 0.5) is 0 Å². The van der Waals surface area contributed by atoms with E-state index in [-0.39, 0.29) is 70.7 Å². The van der Waals surface area contributed by atoms with E-state index in [2.05, 4.69) is 31.6 Å². The Morgan fingerprint density at radius 3 is 2.37 bits per heavy atom. The molecule has 6 amide bonds. The smallest absolute Gasteiger partial charge is 0.305 e. The molecule has 1 aromatic carbocycles. The molecule has 12 N–H and O–H groups in total. The van der Waals surface area contributed by atoms with Gasteiger partial charge in [0.15, 0.2) is 12.2 Å². The lowest BCUT2D eigenvalue weighted by Gasteiger charge is -2.33. The second kappa shape index (κ2) is 21.7. The molecule has 2 rings (SSSR count). The maximum Gasteiger partial charge on any atom is 0.305 e. The van der Waals surface area contributed by atoms with Crippen molar-refractivity contribution in [3.8, 4) is 0 Å². The number of carbonyl (C=O) groups excluding carboxylic acids is 6. The average molecular weight is 720 g/mol. The highest BCUT2D eigenvalue weighted by molar-refractivity contribution is 5.96. The summed E-state index contributed by atoms with van der Waals surface area (Å²) in [6.07, 6.45) is -3.48. The normalized spacial score (nSPS) is 21.2. The van der Waals surface area contributed by atoms with E-state index in [1.807, 2.05) is 0 Å². The SMILES string of the molecule is C[C@@H]1CNC(=O)CCC(C(=O)NCc2ccccc2)NC(=O)C(CC(=O)O)NC(=O)CNC(=O)C(CCCN=C(N)N)N(C(=O)CCC(O)O)C1. The number of hydrogen-bond acceptors (Lipinski definition) is 10. The Hall–Kier alpha value is -5.30. The maximum atomic E-state index is 13.5. The Morgan fingerprint density at radius 1 is 1.02 bits per heavy atom. The molecule has 19 heteroatoms. The lowest BCUT2D eigenvalue weighted by molar-refractivity contribution is -0.143. The largest absolute Gasteiger partial charge is 0.481 e. The summed E-state index contributed by atoms with van der Waals surface area (Å²) in [6.45, 7) is 1.18. The standard InChI is InChI=1S/C32H49N9O10/c1-19-15-36-24(42)10-9-21(29(49)37-16-20-6-3-2-4-7-20)40-30(50)22(14-28(47)48)39-25(43)17-38-31(51)23(8-5-13-35-32(33)34)41(18-19)26(44)11-12-27(45)46/h2-4,6-7,19,21-23,27,45-46H,5,8-18H2,1H3,(H,36,42)(H,37,49)(H,38,51)(H,39,43)(H,40,50)(H,47,48)(H4,33,34,35)/t19-,21?,22?,23?/m1/s1. The molecule has 1 saturated heterocycles. The Kier molecular flexibility index (Phi) is 17.8. The topological polar surface area (TPSA) is 308 Å². The second-order valence-electron chi connectivity index (χ2n) is 12.2. The van der Waals surface area contributed by atoms with Gasteiger partial charge in [-0.2, -0.15) is 0 Å². The molecular weight excluding hydrogens is 670 g/mol. The fraction of sp³-hybridized carbons (Fsp3) is 0.562. The van der Waals surface area contributed by atoms with E-state index >= 15 is 0 Å². The van der Waals surface area contributed by atoms with E-state index in [1.54, 1.807) is 37.3 Å².